The van der Waals surface area contributed by atoms with Crippen LogP contribution in [0.1, 0.15) is 25.8 Å². The fourth-order valence-corrected chi connectivity index (χ4v) is 2.14. The second kappa shape index (κ2) is 6.31. The van der Waals surface area contributed by atoms with Crippen molar-refractivity contribution in [2.75, 3.05) is 13.1 Å². The third kappa shape index (κ3) is 2.96. The highest BCUT2D eigenvalue weighted by atomic mass is 14.8. The van der Waals surface area contributed by atoms with Crippen LogP contribution in [0.3, 0.4) is 0 Å². The smallest absolute Gasteiger partial charge is 0.0346 e. The zero-order valence-corrected chi connectivity index (χ0v) is 11.1. The van der Waals surface area contributed by atoms with Crippen molar-refractivity contribution in [3.05, 3.63) is 48.3 Å². The Kier molecular flexibility index (Phi) is 4.48. The van der Waals surface area contributed by atoms with Crippen molar-refractivity contribution >= 4 is 16.3 Å². The molecule has 1 N–H and O–H groups in total. The Bertz CT molecular complexity index is 538. The molecule has 94 valence electrons. The SMILES string of the molecule is CCNCCC=C(C)c1cccc2cnccc12. The predicted octanol–water partition coefficient (Wildman–Crippen LogP) is 3.64. The summed E-state index contributed by atoms with van der Waals surface area (Å²) in [6, 6.07) is 8.48. The van der Waals surface area contributed by atoms with E-state index >= 15 is 0 Å². The zero-order chi connectivity index (χ0) is 12.8. The van der Waals surface area contributed by atoms with Gasteiger partial charge in [0.25, 0.3) is 0 Å². The van der Waals surface area contributed by atoms with Gasteiger partial charge in [0.15, 0.2) is 0 Å². The van der Waals surface area contributed by atoms with Gasteiger partial charge in [0.05, 0.1) is 0 Å². The highest BCUT2D eigenvalue weighted by Crippen LogP contribution is 2.24. The van der Waals surface area contributed by atoms with Crippen LogP contribution in [-0.2, 0) is 0 Å². The summed E-state index contributed by atoms with van der Waals surface area (Å²) in [5.74, 6) is 0. The molecule has 0 aliphatic heterocycles. The van der Waals surface area contributed by atoms with Gasteiger partial charge in [-0.1, -0.05) is 31.2 Å². The number of hydrogen-bond donors (Lipinski definition) is 1. The first-order valence-electron chi connectivity index (χ1n) is 6.53. The van der Waals surface area contributed by atoms with Crippen molar-refractivity contribution in [1.82, 2.24) is 10.3 Å². The lowest BCUT2D eigenvalue weighted by molar-refractivity contribution is 0.727. The summed E-state index contributed by atoms with van der Waals surface area (Å²) in [4.78, 5) is 4.17. The van der Waals surface area contributed by atoms with Crippen LogP contribution < -0.4 is 5.32 Å². The second-order valence-electron chi connectivity index (χ2n) is 4.43. The van der Waals surface area contributed by atoms with Crippen molar-refractivity contribution in [2.45, 2.75) is 20.3 Å². The molecule has 0 unspecified atom stereocenters. The van der Waals surface area contributed by atoms with Crippen molar-refractivity contribution in [1.29, 1.82) is 0 Å². The lowest BCUT2D eigenvalue weighted by Gasteiger charge is -2.07. The van der Waals surface area contributed by atoms with Gasteiger partial charge in [-0.3, -0.25) is 4.98 Å². The number of allylic oxidation sites excluding steroid dienone is 1. The molecule has 18 heavy (non-hydrogen) atoms. The number of pyridine rings is 1. The van der Waals surface area contributed by atoms with E-state index in [1.165, 1.54) is 21.9 Å². The number of benzene rings is 1. The Hall–Kier alpha value is -1.67. The molecule has 0 atom stereocenters. The molecule has 1 heterocycles. The summed E-state index contributed by atoms with van der Waals surface area (Å²) < 4.78 is 0. The predicted molar refractivity (Wildman–Crippen MR) is 78.6 cm³/mol. The molecule has 0 aliphatic rings. The van der Waals surface area contributed by atoms with E-state index in [2.05, 4.69) is 54.5 Å². The molecule has 2 heteroatoms. The standard InChI is InChI=1S/C16H20N2/c1-3-17-10-5-6-13(2)15-8-4-7-14-12-18-11-9-16(14)15/h4,6-9,11-12,17H,3,5,10H2,1-2H3. The van der Waals surface area contributed by atoms with Gasteiger partial charge < -0.3 is 5.32 Å². The number of rotatable bonds is 5. The fraction of sp³-hybridized carbons (Fsp3) is 0.312. The molecule has 2 aromatic rings. The Balaban J connectivity index is 2.24. The Morgan fingerprint density at radius 1 is 1.33 bits per heavy atom. The average Bonchev–Trinajstić information content (AvgIpc) is 2.43. The Labute approximate surface area is 109 Å². The summed E-state index contributed by atoms with van der Waals surface area (Å²) >= 11 is 0. The van der Waals surface area contributed by atoms with Crippen LogP contribution in [0.15, 0.2) is 42.7 Å². The van der Waals surface area contributed by atoms with Crippen molar-refractivity contribution in [2.24, 2.45) is 0 Å². The van der Waals surface area contributed by atoms with E-state index < -0.39 is 0 Å². The minimum Gasteiger partial charge on any atom is -0.317 e. The largest absolute Gasteiger partial charge is 0.317 e. The minimum atomic E-state index is 1.03. The molecule has 0 radical (unpaired) electrons. The molecule has 2 nitrogen and oxygen atoms in total. The van der Waals surface area contributed by atoms with Crippen molar-refractivity contribution in [3.8, 4) is 0 Å². The van der Waals surface area contributed by atoms with E-state index in [1.54, 1.807) is 0 Å². The zero-order valence-electron chi connectivity index (χ0n) is 11.1. The molecule has 0 amide bonds. The molecule has 0 bridgehead atoms. The van der Waals surface area contributed by atoms with Gasteiger partial charge in [0.1, 0.15) is 0 Å². The monoisotopic (exact) mass is 240 g/mol. The molecule has 1 aromatic carbocycles. The lowest BCUT2D eigenvalue weighted by atomic mass is 10.00. The van der Waals surface area contributed by atoms with Gasteiger partial charge in [-0.25, -0.2) is 0 Å². The number of aromatic nitrogens is 1. The van der Waals surface area contributed by atoms with Gasteiger partial charge in [0.2, 0.25) is 0 Å². The number of nitrogens with zero attached hydrogens (tertiary/aromatic N) is 1. The normalized spacial score (nSPS) is 12.0. The minimum absolute atomic E-state index is 1.03. The number of hydrogen-bond acceptors (Lipinski definition) is 2. The molecular formula is C16H20N2. The molecule has 0 saturated carbocycles. The van der Waals surface area contributed by atoms with Crippen LogP contribution in [-0.4, -0.2) is 18.1 Å². The third-order valence-electron chi connectivity index (χ3n) is 3.13. The number of nitrogens with one attached hydrogen (secondary N) is 1. The summed E-state index contributed by atoms with van der Waals surface area (Å²) in [6.07, 6.45) is 7.15. The van der Waals surface area contributed by atoms with Crippen molar-refractivity contribution in [3.63, 3.8) is 0 Å². The van der Waals surface area contributed by atoms with E-state index in [-0.39, 0.29) is 0 Å². The molecular weight excluding hydrogens is 220 g/mol. The highest BCUT2D eigenvalue weighted by Gasteiger charge is 2.01. The summed E-state index contributed by atoms with van der Waals surface area (Å²) in [6.45, 7) is 6.39. The average molecular weight is 240 g/mol. The first-order valence-corrected chi connectivity index (χ1v) is 6.53. The molecule has 0 aliphatic carbocycles. The maximum Gasteiger partial charge on any atom is 0.0346 e. The Morgan fingerprint density at radius 2 is 2.22 bits per heavy atom. The van der Waals surface area contributed by atoms with E-state index in [9.17, 15) is 0 Å². The van der Waals surface area contributed by atoms with E-state index in [0.717, 1.165) is 19.5 Å². The van der Waals surface area contributed by atoms with Gasteiger partial charge in [-0.05, 0) is 49.0 Å². The molecule has 0 saturated heterocycles. The summed E-state index contributed by atoms with van der Waals surface area (Å²) in [5, 5.41) is 5.82. The summed E-state index contributed by atoms with van der Waals surface area (Å²) in [5.41, 5.74) is 2.65. The van der Waals surface area contributed by atoms with Gasteiger partial charge >= 0.3 is 0 Å². The fourth-order valence-electron chi connectivity index (χ4n) is 2.14. The van der Waals surface area contributed by atoms with Crippen LogP contribution in [0.4, 0.5) is 0 Å². The molecule has 2 rings (SSSR count). The van der Waals surface area contributed by atoms with Gasteiger partial charge in [-0.2, -0.15) is 0 Å². The van der Waals surface area contributed by atoms with E-state index in [0.29, 0.717) is 0 Å². The maximum absolute atomic E-state index is 4.17. The van der Waals surface area contributed by atoms with E-state index in [4.69, 9.17) is 0 Å². The second-order valence-corrected chi connectivity index (χ2v) is 4.43. The quantitative estimate of drug-likeness (QED) is 0.807. The van der Waals surface area contributed by atoms with Crippen LogP contribution in [0, 0.1) is 0 Å². The first-order chi connectivity index (χ1) is 8.83. The van der Waals surface area contributed by atoms with Crippen LogP contribution in [0.25, 0.3) is 16.3 Å². The maximum atomic E-state index is 4.17. The van der Waals surface area contributed by atoms with Crippen LogP contribution in [0.2, 0.25) is 0 Å². The number of fused-ring (bicyclic) bond motifs is 1. The van der Waals surface area contributed by atoms with Crippen LogP contribution >= 0.6 is 0 Å². The summed E-state index contributed by atoms with van der Waals surface area (Å²) in [7, 11) is 0. The molecule has 0 fully saturated rings. The first kappa shape index (κ1) is 12.8. The van der Waals surface area contributed by atoms with Crippen LogP contribution in [0.5, 0.6) is 0 Å². The van der Waals surface area contributed by atoms with E-state index in [1.807, 2.05) is 12.4 Å². The molecule has 1 aromatic heterocycles. The highest BCUT2D eigenvalue weighted by molar-refractivity contribution is 5.92. The van der Waals surface area contributed by atoms with Crippen molar-refractivity contribution < 1.29 is 0 Å². The van der Waals surface area contributed by atoms with Gasteiger partial charge in [-0.15, -0.1) is 0 Å². The lowest BCUT2D eigenvalue weighted by Crippen LogP contribution is -2.13. The Morgan fingerprint density at radius 3 is 3.06 bits per heavy atom. The molecule has 0 spiro atoms. The topological polar surface area (TPSA) is 24.9 Å². The third-order valence-corrected chi connectivity index (χ3v) is 3.13. The van der Waals surface area contributed by atoms with Gasteiger partial charge in [0, 0.05) is 17.8 Å².